The normalized spacial score (nSPS) is 12.3. The Morgan fingerprint density at radius 2 is 2.13 bits per heavy atom. The quantitative estimate of drug-likeness (QED) is 0.729. The van der Waals surface area contributed by atoms with E-state index in [9.17, 15) is 18.0 Å². The van der Waals surface area contributed by atoms with E-state index in [4.69, 9.17) is 0 Å². The van der Waals surface area contributed by atoms with Gasteiger partial charge < -0.3 is 4.74 Å². The van der Waals surface area contributed by atoms with Crippen LogP contribution in [0.3, 0.4) is 0 Å². The highest BCUT2D eigenvalue weighted by atomic mass is 19.2. The summed E-state index contributed by atoms with van der Waals surface area (Å²) in [4.78, 5) is 10.9. The lowest BCUT2D eigenvalue weighted by atomic mass is 10.1. The zero-order valence-corrected chi connectivity index (χ0v) is 7.97. The second-order valence-electron chi connectivity index (χ2n) is 2.76. The number of carbonyl (C=O) groups excluding carboxylic acids is 1. The van der Waals surface area contributed by atoms with Gasteiger partial charge in [0.15, 0.2) is 11.6 Å². The molecule has 82 valence electrons. The number of halogens is 3. The second-order valence-corrected chi connectivity index (χ2v) is 2.76. The molecule has 0 bridgehead atoms. The van der Waals surface area contributed by atoms with E-state index in [-0.39, 0.29) is 6.61 Å². The number of carbonyl (C=O) groups is 1. The molecule has 1 unspecified atom stereocenters. The predicted molar refractivity (Wildman–Crippen MR) is 46.8 cm³/mol. The molecule has 15 heavy (non-hydrogen) atoms. The molecule has 0 saturated heterocycles. The van der Waals surface area contributed by atoms with Crippen LogP contribution in [0.5, 0.6) is 0 Å². The average Bonchev–Trinajstić information content (AvgIpc) is 2.21. The zero-order valence-electron chi connectivity index (χ0n) is 7.97. The van der Waals surface area contributed by atoms with Crippen molar-refractivity contribution < 1.29 is 22.7 Å². The van der Waals surface area contributed by atoms with E-state index in [1.54, 1.807) is 0 Å². The van der Waals surface area contributed by atoms with Crippen molar-refractivity contribution in [2.75, 3.05) is 6.61 Å². The van der Waals surface area contributed by atoms with Crippen LogP contribution < -0.4 is 0 Å². The van der Waals surface area contributed by atoms with Crippen LogP contribution in [0.15, 0.2) is 18.2 Å². The Morgan fingerprint density at radius 1 is 1.47 bits per heavy atom. The van der Waals surface area contributed by atoms with Gasteiger partial charge in [0.2, 0.25) is 6.17 Å². The van der Waals surface area contributed by atoms with Crippen molar-refractivity contribution in [1.29, 1.82) is 0 Å². The largest absolute Gasteiger partial charge is 0.464 e. The van der Waals surface area contributed by atoms with Gasteiger partial charge in [-0.1, -0.05) is 12.1 Å². The summed E-state index contributed by atoms with van der Waals surface area (Å²) in [6.45, 7) is 1.47. The molecular weight excluding hydrogens is 209 g/mol. The van der Waals surface area contributed by atoms with Crippen LogP contribution in [-0.4, -0.2) is 12.6 Å². The molecule has 0 spiro atoms. The molecule has 0 aliphatic heterocycles. The van der Waals surface area contributed by atoms with Gasteiger partial charge in [-0.05, 0) is 13.0 Å². The fourth-order valence-corrected chi connectivity index (χ4v) is 1.06. The van der Waals surface area contributed by atoms with Gasteiger partial charge in [-0.15, -0.1) is 0 Å². The number of alkyl halides is 1. The van der Waals surface area contributed by atoms with Crippen LogP contribution in [-0.2, 0) is 9.53 Å². The number of rotatable bonds is 3. The van der Waals surface area contributed by atoms with Crippen LogP contribution >= 0.6 is 0 Å². The molecule has 0 amide bonds. The first kappa shape index (κ1) is 11.6. The number of hydrogen-bond acceptors (Lipinski definition) is 2. The van der Waals surface area contributed by atoms with Crippen LogP contribution in [0, 0.1) is 11.6 Å². The molecule has 1 rings (SSSR count). The van der Waals surface area contributed by atoms with E-state index < -0.39 is 29.3 Å². The van der Waals surface area contributed by atoms with Gasteiger partial charge in [-0.3, -0.25) is 0 Å². The SMILES string of the molecule is CCOC(=O)C(F)c1cccc(F)c1F. The molecule has 1 aromatic rings. The lowest BCUT2D eigenvalue weighted by molar-refractivity contribution is -0.149. The van der Waals surface area contributed by atoms with Crippen LogP contribution in [0.4, 0.5) is 13.2 Å². The van der Waals surface area contributed by atoms with Gasteiger partial charge >= 0.3 is 5.97 Å². The fourth-order valence-electron chi connectivity index (χ4n) is 1.06. The highest BCUT2D eigenvalue weighted by Crippen LogP contribution is 2.23. The maximum atomic E-state index is 13.3. The third-order valence-corrected chi connectivity index (χ3v) is 1.75. The Hall–Kier alpha value is -1.52. The first-order valence-electron chi connectivity index (χ1n) is 4.32. The highest BCUT2D eigenvalue weighted by Gasteiger charge is 2.25. The third kappa shape index (κ3) is 2.49. The maximum absolute atomic E-state index is 13.3. The molecule has 0 heterocycles. The molecule has 0 aliphatic rings. The standard InChI is InChI=1S/C10H9F3O2/c1-2-15-10(14)9(13)6-4-3-5-7(11)8(6)12/h3-5,9H,2H2,1H3. The molecular formula is C10H9F3O2. The maximum Gasteiger partial charge on any atom is 0.345 e. The van der Waals surface area contributed by atoms with Gasteiger partial charge in [0, 0.05) is 5.56 Å². The Labute approximate surface area is 84.7 Å². The van der Waals surface area contributed by atoms with E-state index >= 15 is 0 Å². The highest BCUT2D eigenvalue weighted by molar-refractivity contribution is 5.76. The van der Waals surface area contributed by atoms with Crippen molar-refractivity contribution >= 4 is 5.97 Å². The lowest BCUT2D eigenvalue weighted by Crippen LogP contribution is -2.13. The summed E-state index contributed by atoms with van der Waals surface area (Å²) in [7, 11) is 0. The summed E-state index contributed by atoms with van der Waals surface area (Å²) in [6, 6.07) is 2.97. The van der Waals surface area contributed by atoms with Gasteiger partial charge in [-0.2, -0.15) is 0 Å². The summed E-state index contributed by atoms with van der Waals surface area (Å²) in [5.74, 6) is -3.78. The second kappa shape index (κ2) is 4.82. The van der Waals surface area contributed by atoms with E-state index in [1.807, 2.05) is 0 Å². The summed E-state index contributed by atoms with van der Waals surface area (Å²) in [5, 5.41) is 0. The molecule has 0 radical (unpaired) electrons. The minimum absolute atomic E-state index is 0.0177. The molecule has 1 aromatic carbocycles. The third-order valence-electron chi connectivity index (χ3n) is 1.75. The van der Waals surface area contributed by atoms with E-state index in [2.05, 4.69) is 4.74 Å². The first-order chi connectivity index (χ1) is 7.07. The van der Waals surface area contributed by atoms with Crippen molar-refractivity contribution in [3.05, 3.63) is 35.4 Å². The molecule has 0 fully saturated rings. The van der Waals surface area contributed by atoms with Crippen molar-refractivity contribution in [3.63, 3.8) is 0 Å². The first-order valence-corrected chi connectivity index (χ1v) is 4.32. The summed E-state index contributed by atoms with van der Waals surface area (Å²) in [6.07, 6.45) is -2.29. The summed E-state index contributed by atoms with van der Waals surface area (Å²) < 4.78 is 43.4. The number of benzene rings is 1. The molecule has 2 nitrogen and oxygen atoms in total. The van der Waals surface area contributed by atoms with Crippen LogP contribution in [0.1, 0.15) is 18.7 Å². The van der Waals surface area contributed by atoms with Gasteiger partial charge in [-0.25, -0.2) is 18.0 Å². The Morgan fingerprint density at radius 3 is 2.73 bits per heavy atom. The molecule has 5 heteroatoms. The van der Waals surface area contributed by atoms with E-state index in [1.165, 1.54) is 6.92 Å². The smallest absolute Gasteiger partial charge is 0.345 e. The number of esters is 1. The summed E-state index contributed by atoms with van der Waals surface area (Å²) >= 11 is 0. The minimum atomic E-state index is -2.29. The van der Waals surface area contributed by atoms with Gasteiger partial charge in [0.05, 0.1) is 6.61 Å². The molecule has 0 aromatic heterocycles. The number of hydrogen-bond donors (Lipinski definition) is 0. The predicted octanol–water partition coefficient (Wildman–Crippen LogP) is 2.54. The van der Waals surface area contributed by atoms with Gasteiger partial charge in [0.25, 0.3) is 0 Å². The van der Waals surface area contributed by atoms with E-state index in [0.717, 1.165) is 18.2 Å². The van der Waals surface area contributed by atoms with Gasteiger partial charge in [0.1, 0.15) is 0 Å². The Bertz CT molecular complexity index is 366. The average molecular weight is 218 g/mol. The topological polar surface area (TPSA) is 26.3 Å². The molecule has 0 N–H and O–H groups in total. The fraction of sp³-hybridized carbons (Fsp3) is 0.300. The van der Waals surface area contributed by atoms with Crippen molar-refractivity contribution in [2.45, 2.75) is 13.1 Å². The van der Waals surface area contributed by atoms with Crippen molar-refractivity contribution in [2.24, 2.45) is 0 Å². The molecule has 0 saturated carbocycles. The van der Waals surface area contributed by atoms with Crippen molar-refractivity contribution in [1.82, 2.24) is 0 Å². The molecule has 0 aliphatic carbocycles. The summed E-state index contributed by atoms with van der Waals surface area (Å²) in [5.41, 5.74) is -0.645. The Kier molecular flexibility index (Phi) is 3.71. The Balaban J connectivity index is 2.96. The monoisotopic (exact) mass is 218 g/mol. The molecule has 1 atom stereocenters. The van der Waals surface area contributed by atoms with Crippen LogP contribution in [0.2, 0.25) is 0 Å². The van der Waals surface area contributed by atoms with E-state index in [0.29, 0.717) is 0 Å². The lowest BCUT2D eigenvalue weighted by Gasteiger charge is -2.08. The van der Waals surface area contributed by atoms with Crippen LogP contribution in [0.25, 0.3) is 0 Å². The minimum Gasteiger partial charge on any atom is -0.464 e. The number of ether oxygens (including phenoxy) is 1. The van der Waals surface area contributed by atoms with Crippen molar-refractivity contribution in [3.8, 4) is 0 Å². The zero-order chi connectivity index (χ0) is 11.4.